The number of pyridine rings is 1. The first-order valence-corrected chi connectivity index (χ1v) is 8.66. The number of guanidine groups is 1. The molecule has 0 aliphatic carbocycles. The fourth-order valence-corrected chi connectivity index (χ4v) is 2.93. The Balaban J connectivity index is 0.00000288. The highest BCUT2D eigenvalue weighted by Gasteiger charge is 2.17. The molecule has 2 aromatic rings. The molecule has 2 heterocycles. The van der Waals surface area contributed by atoms with E-state index < -0.39 is 0 Å². The Morgan fingerprint density at radius 3 is 2.62 bits per heavy atom. The quantitative estimate of drug-likeness (QED) is 0.409. The summed E-state index contributed by atoms with van der Waals surface area (Å²) in [5.74, 6) is 0.786. The number of nitrogens with zero attached hydrogens (tertiary/aromatic N) is 3. The topological polar surface area (TPSA) is 62.2 Å². The number of thiazole rings is 1. The van der Waals surface area contributed by atoms with Crippen LogP contribution >= 0.6 is 35.3 Å². The number of nitrogens with one attached hydrogen (secondary N) is 2. The summed E-state index contributed by atoms with van der Waals surface area (Å²) in [7, 11) is 1.78. The SMILES string of the molecule is CN=C(NCCc1ccccn1)NCc1nc(C(C)(C)C)cs1.I. The predicted molar refractivity (Wildman–Crippen MR) is 112 cm³/mol. The van der Waals surface area contributed by atoms with E-state index in [-0.39, 0.29) is 29.4 Å². The summed E-state index contributed by atoms with van der Waals surface area (Å²) >= 11 is 1.68. The van der Waals surface area contributed by atoms with E-state index >= 15 is 0 Å². The molecular formula is C17H26IN5S. The van der Waals surface area contributed by atoms with Gasteiger partial charge in [-0.05, 0) is 12.1 Å². The van der Waals surface area contributed by atoms with Crippen LogP contribution in [0.2, 0.25) is 0 Å². The summed E-state index contributed by atoms with van der Waals surface area (Å²) < 4.78 is 0. The van der Waals surface area contributed by atoms with Gasteiger partial charge in [0.05, 0.1) is 12.2 Å². The van der Waals surface area contributed by atoms with Gasteiger partial charge in [0.1, 0.15) is 5.01 Å². The van der Waals surface area contributed by atoms with Gasteiger partial charge in [-0.2, -0.15) is 0 Å². The molecule has 2 aromatic heterocycles. The molecule has 0 saturated carbocycles. The molecular weight excluding hydrogens is 433 g/mol. The Kier molecular flexibility index (Phi) is 8.61. The molecule has 0 spiro atoms. The molecule has 132 valence electrons. The Hall–Kier alpha value is -1.22. The van der Waals surface area contributed by atoms with Gasteiger partial charge in [-0.15, -0.1) is 35.3 Å². The van der Waals surface area contributed by atoms with E-state index in [2.05, 4.69) is 51.7 Å². The molecule has 7 heteroatoms. The number of aliphatic imine (C=N–C) groups is 1. The fourth-order valence-electron chi connectivity index (χ4n) is 1.97. The van der Waals surface area contributed by atoms with Crippen molar-refractivity contribution in [3.05, 3.63) is 46.2 Å². The van der Waals surface area contributed by atoms with E-state index in [1.807, 2.05) is 24.4 Å². The van der Waals surface area contributed by atoms with Crippen molar-refractivity contribution in [3.63, 3.8) is 0 Å². The molecule has 5 nitrogen and oxygen atoms in total. The third kappa shape index (κ3) is 6.72. The smallest absolute Gasteiger partial charge is 0.191 e. The zero-order valence-electron chi connectivity index (χ0n) is 14.7. The first-order chi connectivity index (χ1) is 11.0. The molecule has 0 aliphatic rings. The first kappa shape index (κ1) is 20.8. The minimum atomic E-state index is 0. The fraction of sp³-hybridized carbons (Fsp3) is 0.471. The molecule has 0 aliphatic heterocycles. The Bertz CT molecular complexity index is 634. The standard InChI is InChI=1S/C17H25N5S.HI/c1-17(2,3)14-12-23-15(22-14)11-21-16(18-4)20-10-8-13-7-5-6-9-19-13;/h5-7,9,12H,8,10-11H2,1-4H3,(H2,18,20,21);1H. The lowest BCUT2D eigenvalue weighted by Crippen LogP contribution is -2.37. The van der Waals surface area contributed by atoms with Gasteiger partial charge in [0.15, 0.2) is 5.96 Å². The van der Waals surface area contributed by atoms with Crippen LogP contribution in [0.4, 0.5) is 0 Å². The summed E-state index contributed by atoms with van der Waals surface area (Å²) in [5, 5.41) is 9.81. The first-order valence-electron chi connectivity index (χ1n) is 7.78. The third-order valence-electron chi connectivity index (χ3n) is 3.35. The molecule has 0 bridgehead atoms. The number of hydrogen-bond donors (Lipinski definition) is 2. The zero-order valence-corrected chi connectivity index (χ0v) is 17.8. The maximum atomic E-state index is 4.68. The maximum absolute atomic E-state index is 4.68. The number of aromatic nitrogens is 2. The molecule has 2 rings (SSSR count). The lowest BCUT2D eigenvalue weighted by atomic mass is 9.93. The van der Waals surface area contributed by atoms with Gasteiger partial charge in [-0.3, -0.25) is 9.98 Å². The molecule has 0 atom stereocenters. The largest absolute Gasteiger partial charge is 0.356 e. The van der Waals surface area contributed by atoms with Gasteiger partial charge in [0, 0.05) is 42.7 Å². The summed E-state index contributed by atoms with van der Waals surface area (Å²) in [6.45, 7) is 8.01. The van der Waals surface area contributed by atoms with E-state index in [1.165, 1.54) is 0 Å². The minimum absolute atomic E-state index is 0. The monoisotopic (exact) mass is 459 g/mol. The number of rotatable bonds is 5. The summed E-state index contributed by atoms with van der Waals surface area (Å²) in [5.41, 5.74) is 2.31. The highest BCUT2D eigenvalue weighted by Crippen LogP contribution is 2.23. The van der Waals surface area contributed by atoms with E-state index in [9.17, 15) is 0 Å². The van der Waals surface area contributed by atoms with Gasteiger partial charge >= 0.3 is 0 Å². The number of hydrogen-bond acceptors (Lipinski definition) is 4. The molecule has 2 N–H and O–H groups in total. The van der Waals surface area contributed by atoms with Crippen molar-refractivity contribution in [2.75, 3.05) is 13.6 Å². The van der Waals surface area contributed by atoms with Gasteiger partial charge in [-0.1, -0.05) is 26.8 Å². The molecule has 0 fully saturated rings. The lowest BCUT2D eigenvalue weighted by molar-refractivity contribution is 0.570. The average Bonchev–Trinajstić information content (AvgIpc) is 3.01. The highest BCUT2D eigenvalue weighted by atomic mass is 127. The second-order valence-corrected chi connectivity index (χ2v) is 7.24. The molecule has 0 unspecified atom stereocenters. The Morgan fingerprint density at radius 2 is 2.04 bits per heavy atom. The van der Waals surface area contributed by atoms with Crippen LogP contribution < -0.4 is 10.6 Å². The Morgan fingerprint density at radius 1 is 1.25 bits per heavy atom. The van der Waals surface area contributed by atoms with E-state index in [4.69, 9.17) is 0 Å². The van der Waals surface area contributed by atoms with Crippen molar-refractivity contribution >= 4 is 41.3 Å². The second kappa shape index (κ2) is 9.93. The maximum Gasteiger partial charge on any atom is 0.191 e. The van der Waals surface area contributed by atoms with Crippen LogP contribution in [0.1, 0.15) is 37.2 Å². The van der Waals surface area contributed by atoms with E-state index in [0.717, 1.165) is 35.3 Å². The van der Waals surface area contributed by atoms with Crippen molar-refractivity contribution in [2.45, 2.75) is 39.2 Å². The van der Waals surface area contributed by atoms with Crippen LogP contribution in [0.5, 0.6) is 0 Å². The molecule has 0 aromatic carbocycles. The summed E-state index contributed by atoms with van der Waals surface area (Å²) in [6.07, 6.45) is 2.69. The van der Waals surface area contributed by atoms with Gasteiger partial charge in [0.25, 0.3) is 0 Å². The van der Waals surface area contributed by atoms with Crippen molar-refractivity contribution in [2.24, 2.45) is 4.99 Å². The van der Waals surface area contributed by atoms with Crippen molar-refractivity contribution in [1.82, 2.24) is 20.6 Å². The van der Waals surface area contributed by atoms with Gasteiger partial charge < -0.3 is 10.6 Å². The molecule has 0 radical (unpaired) electrons. The molecule has 0 saturated heterocycles. The van der Waals surface area contributed by atoms with Crippen LogP contribution in [-0.4, -0.2) is 29.5 Å². The minimum Gasteiger partial charge on any atom is -0.356 e. The van der Waals surface area contributed by atoms with Crippen molar-refractivity contribution in [3.8, 4) is 0 Å². The van der Waals surface area contributed by atoms with Gasteiger partial charge in [-0.25, -0.2) is 4.98 Å². The zero-order chi connectivity index (χ0) is 16.7. The van der Waals surface area contributed by atoms with Crippen molar-refractivity contribution in [1.29, 1.82) is 0 Å². The molecule has 24 heavy (non-hydrogen) atoms. The number of halogens is 1. The van der Waals surface area contributed by atoms with E-state index in [0.29, 0.717) is 6.54 Å². The third-order valence-corrected chi connectivity index (χ3v) is 4.20. The molecule has 0 amide bonds. The van der Waals surface area contributed by atoms with Gasteiger partial charge in [0.2, 0.25) is 0 Å². The van der Waals surface area contributed by atoms with Crippen LogP contribution in [-0.2, 0) is 18.4 Å². The van der Waals surface area contributed by atoms with Crippen LogP contribution in [0.25, 0.3) is 0 Å². The van der Waals surface area contributed by atoms with Crippen LogP contribution in [0, 0.1) is 0 Å². The summed E-state index contributed by atoms with van der Waals surface area (Å²) in [6, 6.07) is 5.96. The predicted octanol–water partition coefficient (Wildman–Crippen LogP) is 3.36. The van der Waals surface area contributed by atoms with E-state index in [1.54, 1.807) is 18.4 Å². The Labute approximate surface area is 165 Å². The van der Waals surface area contributed by atoms with Crippen LogP contribution in [0.3, 0.4) is 0 Å². The summed E-state index contributed by atoms with van der Waals surface area (Å²) in [4.78, 5) is 13.2. The lowest BCUT2D eigenvalue weighted by Gasteiger charge is -2.14. The average molecular weight is 459 g/mol. The normalized spacial score (nSPS) is 11.8. The highest BCUT2D eigenvalue weighted by molar-refractivity contribution is 14.0. The van der Waals surface area contributed by atoms with Crippen LogP contribution in [0.15, 0.2) is 34.8 Å². The second-order valence-electron chi connectivity index (χ2n) is 6.30. The van der Waals surface area contributed by atoms with Crippen molar-refractivity contribution < 1.29 is 0 Å².